The van der Waals surface area contributed by atoms with E-state index in [0.717, 1.165) is 12.1 Å². The van der Waals surface area contributed by atoms with Crippen LogP contribution in [0.5, 0.6) is 0 Å². The van der Waals surface area contributed by atoms with E-state index >= 15 is 0 Å². The van der Waals surface area contributed by atoms with E-state index in [4.69, 9.17) is 16.3 Å². The lowest BCUT2D eigenvalue weighted by Crippen LogP contribution is -2.05. The molecule has 0 saturated heterocycles. The average Bonchev–Trinajstić information content (AvgIpc) is 2.57. The van der Waals surface area contributed by atoms with Gasteiger partial charge >= 0.3 is 5.97 Å². The second kappa shape index (κ2) is 6.76. The summed E-state index contributed by atoms with van der Waals surface area (Å²) in [5.41, 5.74) is 1.88. The van der Waals surface area contributed by atoms with Crippen molar-refractivity contribution in [1.82, 2.24) is 4.98 Å². The molecule has 0 N–H and O–H groups in total. The first kappa shape index (κ1) is 17.3. The number of esters is 1. The number of pyridine rings is 1. The summed E-state index contributed by atoms with van der Waals surface area (Å²) in [5, 5.41) is 0.741. The molecule has 0 unspecified atom stereocenters. The lowest BCUT2D eigenvalue weighted by molar-refractivity contribution is 0.0526. The van der Waals surface area contributed by atoms with Gasteiger partial charge in [-0.3, -0.25) is 4.98 Å². The van der Waals surface area contributed by atoms with Crippen LogP contribution < -0.4 is 0 Å². The number of nitrogens with zero attached hydrogens (tertiary/aromatic N) is 1. The van der Waals surface area contributed by atoms with Gasteiger partial charge in [0.15, 0.2) is 0 Å². The third kappa shape index (κ3) is 3.20. The van der Waals surface area contributed by atoms with Gasteiger partial charge in [0.25, 0.3) is 0 Å². The highest BCUT2D eigenvalue weighted by atomic mass is 35.5. The Balaban J connectivity index is 2.33. The standard InChI is InChI=1S/C19H14ClF2NO2/c1-3-25-19(24)11-4-7-16-14(8-11)17(18(20)10(2)23-16)13-6-5-12(21)9-15(13)22/h4-9H,3H2,1-2H3. The smallest absolute Gasteiger partial charge is 0.338 e. The van der Waals surface area contributed by atoms with Crippen LogP contribution in [0.4, 0.5) is 8.78 Å². The Morgan fingerprint density at radius 3 is 2.64 bits per heavy atom. The quantitative estimate of drug-likeness (QED) is 0.593. The fraction of sp³-hybridized carbons (Fsp3) is 0.158. The molecule has 0 bridgehead atoms. The summed E-state index contributed by atoms with van der Waals surface area (Å²) in [4.78, 5) is 16.4. The van der Waals surface area contributed by atoms with Crippen LogP contribution in [0.2, 0.25) is 5.02 Å². The molecule has 0 atom stereocenters. The molecule has 1 aromatic heterocycles. The first-order chi connectivity index (χ1) is 11.9. The molecular weight excluding hydrogens is 348 g/mol. The van der Waals surface area contributed by atoms with Crippen molar-refractivity contribution >= 4 is 28.5 Å². The van der Waals surface area contributed by atoms with Crippen LogP contribution in [0.25, 0.3) is 22.0 Å². The summed E-state index contributed by atoms with van der Waals surface area (Å²) >= 11 is 6.37. The number of hydrogen-bond donors (Lipinski definition) is 0. The highest BCUT2D eigenvalue weighted by Crippen LogP contribution is 2.38. The number of hydrogen-bond acceptors (Lipinski definition) is 3. The number of rotatable bonds is 3. The van der Waals surface area contributed by atoms with Gasteiger partial charge in [-0.15, -0.1) is 0 Å². The first-order valence-electron chi connectivity index (χ1n) is 7.64. The van der Waals surface area contributed by atoms with Gasteiger partial charge in [-0.25, -0.2) is 13.6 Å². The molecule has 6 heteroatoms. The summed E-state index contributed by atoms with van der Waals surface area (Å²) in [6.45, 7) is 3.65. The molecular formula is C19H14ClF2NO2. The molecule has 0 fully saturated rings. The lowest BCUT2D eigenvalue weighted by Gasteiger charge is -2.13. The van der Waals surface area contributed by atoms with E-state index in [1.807, 2.05) is 0 Å². The van der Waals surface area contributed by atoms with E-state index in [-0.39, 0.29) is 17.2 Å². The normalized spacial score (nSPS) is 10.9. The second-order valence-corrected chi connectivity index (χ2v) is 5.84. The predicted molar refractivity (Wildman–Crippen MR) is 92.8 cm³/mol. The average molecular weight is 362 g/mol. The molecule has 0 radical (unpaired) electrons. The molecule has 3 rings (SSSR count). The minimum atomic E-state index is -0.740. The second-order valence-electron chi connectivity index (χ2n) is 5.46. The number of aryl methyl sites for hydroxylation is 1. The molecule has 0 aliphatic rings. The van der Waals surface area contributed by atoms with Crippen molar-refractivity contribution in [2.45, 2.75) is 13.8 Å². The highest BCUT2D eigenvalue weighted by molar-refractivity contribution is 6.35. The minimum absolute atomic E-state index is 0.142. The van der Waals surface area contributed by atoms with Crippen LogP contribution in [0.1, 0.15) is 23.0 Å². The topological polar surface area (TPSA) is 39.2 Å². The Morgan fingerprint density at radius 2 is 1.96 bits per heavy atom. The Morgan fingerprint density at radius 1 is 1.20 bits per heavy atom. The zero-order valence-corrected chi connectivity index (χ0v) is 14.3. The number of fused-ring (bicyclic) bond motifs is 1. The van der Waals surface area contributed by atoms with Crippen molar-refractivity contribution in [3.63, 3.8) is 0 Å². The van der Waals surface area contributed by atoms with Gasteiger partial charge < -0.3 is 4.74 Å². The third-order valence-electron chi connectivity index (χ3n) is 3.80. The van der Waals surface area contributed by atoms with Gasteiger partial charge in [0.1, 0.15) is 11.6 Å². The molecule has 3 aromatic rings. The number of halogens is 3. The summed E-state index contributed by atoms with van der Waals surface area (Å²) in [6, 6.07) is 8.07. The maximum absolute atomic E-state index is 14.3. The molecule has 128 valence electrons. The van der Waals surface area contributed by atoms with Gasteiger partial charge in [-0.2, -0.15) is 0 Å². The van der Waals surface area contributed by atoms with Crippen LogP contribution in [-0.2, 0) is 4.74 Å². The van der Waals surface area contributed by atoms with Crippen molar-refractivity contribution in [2.24, 2.45) is 0 Å². The third-order valence-corrected chi connectivity index (χ3v) is 4.27. The van der Waals surface area contributed by atoms with Crippen molar-refractivity contribution in [1.29, 1.82) is 0 Å². The number of benzene rings is 2. The summed E-state index contributed by atoms with van der Waals surface area (Å²) < 4.78 is 32.6. The van der Waals surface area contributed by atoms with Crippen LogP contribution in [0.15, 0.2) is 36.4 Å². The predicted octanol–water partition coefficient (Wildman–Crippen LogP) is 5.32. The fourth-order valence-electron chi connectivity index (χ4n) is 2.66. The van der Waals surface area contributed by atoms with Crippen LogP contribution in [0.3, 0.4) is 0 Å². The molecule has 2 aromatic carbocycles. The van der Waals surface area contributed by atoms with Crippen LogP contribution >= 0.6 is 11.6 Å². The zero-order valence-electron chi connectivity index (χ0n) is 13.6. The summed E-state index contributed by atoms with van der Waals surface area (Å²) in [7, 11) is 0. The molecule has 0 spiro atoms. The summed E-state index contributed by atoms with van der Waals surface area (Å²) in [6.07, 6.45) is 0. The van der Waals surface area contributed by atoms with Crippen molar-refractivity contribution < 1.29 is 18.3 Å². The molecule has 3 nitrogen and oxygen atoms in total. The maximum Gasteiger partial charge on any atom is 0.338 e. The Bertz CT molecular complexity index is 989. The molecule has 1 heterocycles. The van der Waals surface area contributed by atoms with E-state index in [1.165, 1.54) is 6.07 Å². The van der Waals surface area contributed by atoms with E-state index < -0.39 is 17.6 Å². The van der Waals surface area contributed by atoms with Crippen molar-refractivity contribution in [2.75, 3.05) is 6.61 Å². The van der Waals surface area contributed by atoms with E-state index in [9.17, 15) is 13.6 Å². The molecule has 0 aliphatic heterocycles. The molecule has 0 amide bonds. The van der Waals surface area contributed by atoms with Crippen molar-refractivity contribution in [3.05, 3.63) is 64.3 Å². The molecule has 0 aliphatic carbocycles. The van der Waals surface area contributed by atoms with Gasteiger partial charge in [-0.1, -0.05) is 11.6 Å². The first-order valence-corrected chi connectivity index (χ1v) is 8.02. The molecule has 25 heavy (non-hydrogen) atoms. The Hall–Kier alpha value is -2.53. The Labute approximate surface area is 148 Å². The zero-order chi connectivity index (χ0) is 18.1. The monoisotopic (exact) mass is 361 g/mol. The SMILES string of the molecule is CCOC(=O)c1ccc2nc(C)c(Cl)c(-c3ccc(F)cc3F)c2c1. The maximum atomic E-state index is 14.3. The van der Waals surface area contributed by atoms with Crippen LogP contribution in [0, 0.1) is 18.6 Å². The Kier molecular flexibility index (Phi) is 4.68. The van der Waals surface area contributed by atoms with E-state index in [1.54, 1.807) is 32.0 Å². The largest absolute Gasteiger partial charge is 0.462 e. The number of aromatic nitrogens is 1. The lowest BCUT2D eigenvalue weighted by atomic mass is 9.98. The van der Waals surface area contributed by atoms with Crippen LogP contribution in [-0.4, -0.2) is 17.6 Å². The van der Waals surface area contributed by atoms with Gasteiger partial charge in [0.05, 0.1) is 28.4 Å². The minimum Gasteiger partial charge on any atom is -0.462 e. The van der Waals surface area contributed by atoms with Gasteiger partial charge in [0, 0.05) is 22.6 Å². The number of carbonyl (C=O) groups excluding carboxylic acids is 1. The van der Waals surface area contributed by atoms with E-state index in [2.05, 4.69) is 4.98 Å². The molecule has 0 saturated carbocycles. The fourth-order valence-corrected chi connectivity index (χ4v) is 2.91. The number of carbonyl (C=O) groups is 1. The van der Waals surface area contributed by atoms with Crippen molar-refractivity contribution in [3.8, 4) is 11.1 Å². The van der Waals surface area contributed by atoms with Gasteiger partial charge in [0.2, 0.25) is 0 Å². The van der Waals surface area contributed by atoms with E-state index in [0.29, 0.717) is 27.7 Å². The number of ether oxygens (including phenoxy) is 1. The summed E-state index contributed by atoms with van der Waals surface area (Å²) in [5.74, 6) is -1.92. The highest BCUT2D eigenvalue weighted by Gasteiger charge is 2.18. The van der Waals surface area contributed by atoms with Gasteiger partial charge in [-0.05, 0) is 44.2 Å².